The maximum atomic E-state index is 12.5. The fourth-order valence-corrected chi connectivity index (χ4v) is 2.84. The first-order chi connectivity index (χ1) is 11.6. The van der Waals surface area contributed by atoms with E-state index in [0.717, 1.165) is 5.69 Å². The summed E-state index contributed by atoms with van der Waals surface area (Å²) in [6.45, 7) is 5.94. The molecule has 0 bridgehead atoms. The Morgan fingerprint density at radius 1 is 1.28 bits per heavy atom. The van der Waals surface area contributed by atoms with Gasteiger partial charge in [-0.2, -0.15) is 0 Å². The molecule has 0 aliphatic carbocycles. The van der Waals surface area contributed by atoms with Crippen LogP contribution < -0.4 is 10.7 Å². The number of para-hydroxylation sites is 1. The Bertz CT molecular complexity index is 614. The molecule has 138 valence electrons. The molecule has 2 atom stereocenters. The van der Waals surface area contributed by atoms with E-state index < -0.39 is 11.6 Å². The first kappa shape index (κ1) is 19.2. The van der Waals surface area contributed by atoms with Gasteiger partial charge >= 0.3 is 6.09 Å². The minimum Gasteiger partial charge on any atom is -0.444 e. The van der Waals surface area contributed by atoms with Gasteiger partial charge in [0.2, 0.25) is 0 Å². The van der Waals surface area contributed by atoms with Crippen molar-refractivity contribution in [3.63, 3.8) is 0 Å². The van der Waals surface area contributed by atoms with Crippen molar-refractivity contribution in [2.45, 2.75) is 44.9 Å². The molecule has 1 fully saturated rings. The van der Waals surface area contributed by atoms with Crippen molar-refractivity contribution in [1.29, 1.82) is 0 Å². The standard InChI is InChI=1S/C18H28N4O3/c1-18(2,3)25-17(24)20(4)12-11-14-15(19)16(23)22(21(14)5)13-9-7-6-8-10-13/h6-10,14-15H,11-12,19H2,1-5H3. The van der Waals surface area contributed by atoms with Crippen LogP contribution in [0.2, 0.25) is 0 Å². The molecule has 2 N–H and O–H groups in total. The summed E-state index contributed by atoms with van der Waals surface area (Å²) in [6.07, 6.45) is 0.190. The van der Waals surface area contributed by atoms with Crippen LogP contribution >= 0.6 is 0 Å². The number of rotatable bonds is 4. The quantitative estimate of drug-likeness (QED) is 0.898. The molecule has 0 saturated carbocycles. The van der Waals surface area contributed by atoms with Crippen LogP contribution in [0, 0.1) is 0 Å². The molecular formula is C18H28N4O3. The Morgan fingerprint density at radius 3 is 2.44 bits per heavy atom. The molecule has 1 aliphatic heterocycles. The van der Waals surface area contributed by atoms with Crippen LogP contribution in [0.5, 0.6) is 0 Å². The van der Waals surface area contributed by atoms with E-state index in [0.29, 0.717) is 13.0 Å². The fraction of sp³-hybridized carbons (Fsp3) is 0.556. The van der Waals surface area contributed by atoms with Crippen molar-refractivity contribution < 1.29 is 14.3 Å². The highest BCUT2D eigenvalue weighted by molar-refractivity contribution is 5.99. The maximum absolute atomic E-state index is 12.5. The summed E-state index contributed by atoms with van der Waals surface area (Å²) in [6, 6.07) is 8.59. The van der Waals surface area contributed by atoms with Crippen molar-refractivity contribution in [3.05, 3.63) is 30.3 Å². The lowest BCUT2D eigenvalue weighted by atomic mass is 10.1. The predicted octanol–water partition coefficient (Wildman–Crippen LogP) is 1.83. The minimum atomic E-state index is -0.628. The van der Waals surface area contributed by atoms with Crippen LogP contribution in [0.4, 0.5) is 10.5 Å². The second-order valence-corrected chi connectivity index (χ2v) is 7.34. The van der Waals surface area contributed by atoms with E-state index in [1.807, 2.05) is 63.2 Å². The number of hydrogen-bond donors (Lipinski definition) is 1. The summed E-state index contributed by atoms with van der Waals surface area (Å²) >= 11 is 0. The molecule has 0 spiro atoms. The zero-order chi connectivity index (χ0) is 18.8. The summed E-state index contributed by atoms with van der Waals surface area (Å²) in [5.41, 5.74) is 6.39. The number of hydrazine groups is 1. The van der Waals surface area contributed by atoms with Gasteiger partial charge in [-0.1, -0.05) is 18.2 Å². The molecule has 7 nitrogen and oxygen atoms in total. The second-order valence-electron chi connectivity index (χ2n) is 7.34. The molecule has 0 radical (unpaired) electrons. The largest absolute Gasteiger partial charge is 0.444 e. The number of likely N-dealkylation sites (N-methyl/N-ethyl adjacent to an activating group) is 1. The number of nitrogens with two attached hydrogens (primary N) is 1. The molecule has 1 saturated heterocycles. The first-order valence-corrected chi connectivity index (χ1v) is 8.43. The zero-order valence-electron chi connectivity index (χ0n) is 15.6. The van der Waals surface area contributed by atoms with Crippen molar-refractivity contribution in [2.24, 2.45) is 5.73 Å². The molecule has 1 aromatic carbocycles. The van der Waals surface area contributed by atoms with Gasteiger partial charge in [0.25, 0.3) is 5.91 Å². The van der Waals surface area contributed by atoms with Crippen molar-refractivity contribution in [1.82, 2.24) is 9.91 Å². The number of amides is 2. The van der Waals surface area contributed by atoms with Crippen LogP contribution in [0.15, 0.2) is 30.3 Å². The number of carbonyl (C=O) groups excluding carboxylic acids is 2. The highest BCUT2D eigenvalue weighted by Gasteiger charge is 2.43. The Labute approximate surface area is 149 Å². The number of ether oxygens (including phenoxy) is 1. The van der Waals surface area contributed by atoms with Gasteiger partial charge in [-0.05, 0) is 39.3 Å². The van der Waals surface area contributed by atoms with Gasteiger partial charge in [0.15, 0.2) is 0 Å². The van der Waals surface area contributed by atoms with Gasteiger partial charge in [0.05, 0.1) is 11.7 Å². The third kappa shape index (κ3) is 4.49. The second kappa shape index (κ2) is 7.41. The third-order valence-corrected chi connectivity index (χ3v) is 4.17. The monoisotopic (exact) mass is 348 g/mol. The maximum Gasteiger partial charge on any atom is 0.410 e. The van der Waals surface area contributed by atoms with E-state index in [1.165, 1.54) is 4.90 Å². The summed E-state index contributed by atoms with van der Waals surface area (Å²) in [5.74, 6) is -0.140. The summed E-state index contributed by atoms with van der Waals surface area (Å²) in [4.78, 5) is 26.1. The molecule has 25 heavy (non-hydrogen) atoms. The Kier molecular flexibility index (Phi) is 5.69. The lowest BCUT2D eigenvalue weighted by Gasteiger charge is -2.30. The van der Waals surface area contributed by atoms with E-state index in [4.69, 9.17) is 10.5 Å². The van der Waals surface area contributed by atoms with Gasteiger partial charge in [0, 0.05) is 20.6 Å². The van der Waals surface area contributed by atoms with Crippen molar-refractivity contribution in [2.75, 3.05) is 25.6 Å². The van der Waals surface area contributed by atoms with Crippen LogP contribution in [0.1, 0.15) is 27.2 Å². The molecular weight excluding hydrogens is 320 g/mol. The Hall–Kier alpha value is -2.12. The van der Waals surface area contributed by atoms with Crippen LogP contribution in [-0.2, 0) is 9.53 Å². The lowest BCUT2D eigenvalue weighted by molar-refractivity contribution is -0.118. The summed E-state index contributed by atoms with van der Waals surface area (Å²) in [5, 5.41) is 3.45. The lowest BCUT2D eigenvalue weighted by Crippen LogP contribution is -2.43. The third-order valence-electron chi connectivity index (χ3n) is 4.17. The number of anilines is 1. The molecule has 1 heterocycles. The van der Waals surface area contributed by atoms with Gasteiger partial charge < -0.3 is 15.4 Å². The van der Waals surface area contributed by atoms with E-state index in [9.17, 15) is 9.59 Å². The minimum absolute atomic E-state index is 0.140. The fourth-order valence-electron chi connectivity index (χ4n) is 2.84. The highest BCUT2D eigenvalue weighted by Crippen LogP contribution is 2.26. The number of carbonyl (C=O) groups is 2. The van der Waals surface area contributed by atoms with Gasteiger partial charge in [-0.15, -0.1) is 0 Å². The predicted molar refractivity (Wildman–Crippen MR) is 96.9 cm³/mol. The van der Waals surface area contributed by atoms with Gasteiger partial charge in [0.1, 0.15) is 11.6 Å². The average molecular weight is 348 g/mol. The zero-order valence-corrected chi connectivity index (χ0v) is 15.6. The van der Waals surface area contributed by atoms with E-state index in [-0.39, 0.29) is 18.0 Å². The molecule has 2 unspecified atom stereocenters. The van der Waals surface area contributed by atoms with Crippen LogP contribution in [0.3, 0.4) is 0 Å². The van der Waals surface area contributed by atoms with Crippen molar-refractivity contribution >= 4 is 17.7 Å². The van der Waals surface area contributed by atoms with Gasteiger partial charge in [-0.3, -0.25) is 4.79 Å². The van der Waals surface area contributed by atoms with Gasteiger partial charge in [-0.25, -0.2) is 14.8 Å². The van der Waals surface area contributed by atoms with E-state index in [2.05, 4.69) is 0 Å². The SMILES string of the molecule is CN(CCC1C(N)C(=O)N(c2ccccc2)N1C)C(=O)OC(C)(C)C. The molecule has 7 heteroatoms. The molecule has 1 aliphatic rings. The average Bonchev–Trinajstić information content (AvgIpc) is 2.74. The topological polar surface area (TPSA) is 79.1 Å². The van der Waals surface area contributed by atoms with Crippen LogP contribution in [-0.4, -0.2) is 60.2 Å². The number of hydrogen-bond acceptors (Lipinski definition) is 5. The first-order valence-electron chi connectivity index (χ1n) is 8.43. The smallest absolute Gasteiger partial charge is 0.410 e. The Morgan fingerprint density at radius 2 is 1.88 bits per heavy atom. The van der Waals surface area contributed by atoms with Crippen molar-refractivity contribution in [3.8, 4) is 0 Å². The molecule has 1 aromatic rings. The molecule has 2 rings (SSSR count). The number of benzene rings is 1. The summed E-state index contributed by atoms with van der Waals surface area (Å²) in [7, 11) is 3.53. The Balaban J connectivity index is 2.00. The summed E-state index contributed by atoms with van der Waals surface area (Å²) < 4.78 is 5.34. The molecule has 0 aromatic heterocycles. The number of nitrogens with zero attached hydrogens (tertiary/aromatic N) is 3. The molecule has 2 amide bonds. The normalized spacial score (nSPS) is 21.5. The van der Waals surface area contributed by atoms with E-state index in [1.54, 1.807) is 12.1 Å². The highest BCUT2D eigenvalue weighted by atomic mass is 16.6. The van der Waals surface area contributed by atoms with E-state index >= 15 is 0 Å². The van der Waals surface area contributed by atoms with Crippen LogP contribution in [0.25, 0.3) is 0 Å².